The number of pyridine rings is 1. The summed E-state index contributed by atoms with van der Waals surface area (Å²) in [5.41, 5.74) is -0.202. The first-order chi connectivity index (χ1) is 14.5. The summed E-state index contributed by atoms with van der Waals surface area (Å²) in [5.74, 6) is 0.391. The van der Waals surface area contributed by atoms with E-state index in [0.29, 0.717) is 24.3 Å². The number of nitrogens with one attached hydrogen (secondary N) is 2. The summed E-state index contributed by atoms with van der Waals surface area (Å²) in [6.07, 6.45) is 6.16. The lowest BCUT2D eigenvalue weighted by atomic mass is 10.0. The Morgan fingerprint density at radius 3 is 2.80 bits per heavy atom. The molecule has 4 rings (SSSR count). The molecular formula is C21H27N5O4. The minimum absolute atomic E-state index is 0.0386. The van der Waals surface area contributed by atoms with Crippen molar-refractivity contribution in [1.29, 1.82) is 0 Å². The fourth-order valence-electron chi connectivity index (χ4n) is 4.42. The van der Waals surface area contributed by atoms with Crippen LogP contribution in [0.15, 0.2) is 40.1 Å². The number of hydrogen-bond acceptors (Lipinski definition) is 6. The molecule has 2 aromatic heterocycles. The van der Waals surface area contributed by atoms with Crippen molar-refractivity contribution >= 4 is 11.7 Å². The Balaban J connectivity index is 1.50. The summed E-state index contributed by atoms with van der Waals surface area (Å²) in [6.45, 7) is 1.20. The van der Waals surface area contributed by atoms with Gasteiger partial charge in [0.1, 0.15) is 5.82 Å². The van der Waals surface area contributed by atoms with Gasteiger partial charge in [0.25, 0.3) is 11.5 Å². The molecule has 9 heteroatoms. The first kappa shape index (κ1) is 20.3. The number of aliphatic hydroxyl groups excluding tert-OH is 1. The highest BCUT2D eigenvalue weighted by Gasteiger charge is 2.30. The van der Waals surface area contributed by atoms with Gasteiger partial charge in [-0.3, -0.25) is 14.4 Å². The summed E-state index contributed by atoms with van der Waals surface area (Å²) < 4.78 is 1.42. The number of rotatable bonds is 5. The van der Waals surface area contributed by atoms with Gasteiger partial charge in [-0.25, -0.2) is 4.68 Å². The van der Waals surface area contributed by atoms with Crippen molar-refractivity contribution in [3.8, 4) is 0 Å². The molecule has 3 atom stereocenters. The van der Waals surface area contributed by atoms with Gasteiger partial charge in [-0.05, 0) is 50.7 Å². The van der Waals surface area contributed by atoms with E-state index in [1.54, 1.807) is 12.1 Å². The van der Waals surface area contributed by atoms with Crippen molar-refractivity contribution in [3.05, 3.63) is 56.7 Å². The van der Waals surface area contributed by atoms with Crippen molar-refractivity contribution in [2.45, 2.75) is 56.7 Å². The molecule has 1 aliphatic carbocycles. The highest BCUT2D eigenvalue weighted by molar-refractivity contribution is 5.94. The average molecular weight is 413 g/mol. The molecule has 1 amide bonds. The van der Waals surface area contributed by atoms with Crippen LogP contribution < -0.4 is 21.3 Å². The van der Waals surface area contributed by atoms with Gasteiger partial charge in [-0.15, -0.1) is 0 Å². The molecule has 2 fully saturated rings. The third-order valence-corrected chi connectivity index (χ3v) is 6.03. The quantitative estimate of drug-likeness (QED) is 0.667. The number of H-pyrrole nitrogens is 1. The Hall–Kier alpha value is -2.94. The number of nitrogens with zero attached hydrogens (tertiary/aromatic N) is 3. The molecule has 30 heavy (non-hydrogen) atoms. The molecule has 3 unspecified atom stereocenters. The van der Waals surface area contributed by atoms with E-state index < -0.39 is 6.10 Å². The van der Waals surface area contributed by atoms with E-state index in [9.17, 15) is 19.5 Å². The van der Waals surface area contributed by atoms with Gasteiger partial charge in [-0.2, -0.15) is 5.10 Å². The maximum atomic E-state index is 12.4. The van der Waals surface area contributed by atoms with Crippen LogP contribution in [0.1, 0.15) is 54.9 Å². The van der Waals surface area contributed by atoms with E-state index in [-0.39, 0.29) is 29.1 Å². The highest BCUT2D eigenvalue weighted by Crippen LogP contribution is 2.29. The summed E-state index contributed by atoms with van der Waals surface area (Å²) in [4.78, 5) is 40.8. The molecule has 0 spiro atoms. The molecule has 3 N–H and O–H groups in total. The van der Waals surface area contributed by atoms with Crippen LogP contribution in [0.5, 0.6) is 0 Å². The van der Waals surface area contributed by atoms with Crippen molar-refractivity contribution in [2.75, 3.05) is 18.0 Å². The number of carbonyl (C=O) groups excluding carboxylic acids is 1. The van der Waals surface area contributed by atoms with Gasteiger partial charge >= 0.3 is 0 Å². The number of amides is 1. The van der Waals surface area contributed by atoms with E-state index in [2.05, 4.69) is 20.3 Å². The van der Waals surface area contributed by atoms with Crippen LogP contribution >= 0.6 is 0 Å². The lowest BCUT2D eigenvalue weighted by Gasteiger charge is -2.37. The Morgan fingerprint density at radius 1 is 1.17 bits per heavy atom. The third kappa shape index (κ3) is 4.30. The monoisotopic (exact) mass is 413 g/mol. The second-order valence-corrected chi connectivity index (χ2v) is 8.03. The zero-order chi connectivity index (χ0) is 21.1. The normalized spacial score (nSPS) is 24.0. The number of anilines is 1. The van der Waals surface area contributed by atoms with E-state index in [0.717, 1.165) is 38.6 Å². The van der Waals surface area contributed by atoms with Crippen molar-refractivity contribution in [2.24, 2.45) is 0 Å². The second kappa shape index (κ2) is 8.83. The predicted octanol–water partition coefficient (Wildman–Crippen LogP) is 0.806. The molecule has 1 aliphatic heterocycles. The molecule has 9 nitrogen and oxygen atoms in total. The van der Waals surface area contributed by atoms with Crippen LogP contribution in [-0.2, 0) is 0 Å². The molecule has 2 aromatic rings. The number of aliphatic hydroxyl groups is 1. The SMILES string of the molecule is O=C(NCC1CCCCN1c1ccc(=O)n(C2CCCC2O)n1)c1cc[nH]c(=O)c1. The van der Waals surface area contributed by atoms with Crippen LogP contribution in [0.4, 0.5) is 5.82 Å². The fourth-order valence-corrected chi connectivity index (χ4v) is 4.42. The Labute approximate surface area is 173 Å². The largest absolute Gasteiger partial charge is 0.391 e. The van der Waals surface area contributed by atoms with Crippen molar-refractivity contribution < 1.29 is 9.90 Å². The van der Waals surface area contributed by atoms with Gasteiger partial charge < -0.3 is 20.3 Å². The number of aromatic nitrogens is 3. The Morgan fingerprint density at radius 2 is 2.03 bits per heavy atom. The fraction of sp³-hybridized carbons (Fsp3) is 0.524. The van der Waals surface area contributed by atoms with Gasteiger partial charge in [0.05, 0.1) is 12.1 Å². The van der Waals surface area contributed by atoms with Gasteiger partial charge in [0, 0.05) is 43.0 Å². The smallest absolute Gasteiger partial charge is 0.267 e. The lowest BCUT2D eigenvalue weighted by Crippen LogP contribution is -2.48. The zero-order valence-electron chi connectivity index (χ0n) is 16.8. The maximum absolute atomic E-state index is 12.4. The van der Waals surface area contributed by atoms with Crippen molar-refractivity contribution in [3.63, 3.8) is 0 Å². The van der Waals surface area contributed by atoms with Crippen LogP contribution in [-0.4, -0.2) is 51.0 Å². The molecular weight excluding hydrogens is 386 g/mol. The minimum Gasteiger partial charge on any atom is -0.391 e. The van der Waals surface area contributed by atoms with Crippen LogP contribution in [0.3, 0.4) is 0 Å². The summed E-state index contributed by atoms with van der Waals surface area (Å²) >= 11 is 0. The number of aromatic amines is 1. The molecule has 160 valence electrons. The number of piperidine rings is 1. The van der Waals surface area contributed by atoms with Crippen LogP contribution in [0.25, 0.3) is 0 Å². The first-order valence-electron chi connectivity index (χ1n) is 10.5. The second-order valence-electron chi connectivity index (χ2n) is 8.03. The first-order valence-corrected chi connectivity index (χ1v) is 10.5. The zero-order valence-corrected chi connectivity index (χ0v) is 16.8. The van der Waals surface area contributed by atoms with E-state index in [1.165, 1.54) is 23.0 Å². The molecule has 0 bridgehead atoms. The molecule has 3 heterocycles. The van der Waals surface area contributed by atoms with Crippen LogP contribution in [0, 0.1) is 0 Å². The Kier molecular flexibility index (Phi) is 5.98. The van der Waals surface area contributed by atoms with Gasteiger partial charge in [0.15, 0.2) is 0 Å². The Bertz CT molecular complexity index is 1020. The summed E-state index contributed by atoms with van der Waals surface area (Å²) in [6, 6.07) is 5.83. The summed E-state index contributed by atoms with van der Waals surface area (Å²) in [7, 11) is 0. The van der Waals surface area contributed by atoms with Crippen LogP contribution in [0.2, 0.25) is 0 Å². The van der Waals surface area contributed by atoms with E-state index in [4.69, 9.17) is 0 Å². The third-order valence-electron chi connectivity index (χ3n) is 6.03. The average Bonchev–Trinajstić information content (AvgIpc) is 3.18. The molecule has 0 aromatic carbocycles. The number of carbonyl (C=O) groups is 1. The summed E-state index contributed by atoms with van der Waals surface area (Å²) in [5, 5.41) is 17.7. The number of hydrogen-bond donors (Lipinski definition) is 3. The predicted molar refractivity (Wildman–Crippen MR) is 112 cm³/mol. The molecule has 1 saturated carbocycles. The van der Waals surface area contributed by atoms with Gasteiger partial charge in [0.2, 0.25) is 5.56 Å². The minimum atomic E-state index is -0.545. The standard InChI is InChI=1S/C21H27N5O4/c27-17-6-3-5-16(17)26-20(29)8-7-18(24-26)25-11-2-1-4-15(25)13-23-21(30)14-9-10-22-19(28)12-14/h7-10,12,15-17,27H,1-6,11,13H2,(H,22,28)(H,23,30). The molecule has 2 aliphatic rings. The molecule has 0 radical (unpaired) electrons. The van der Waals surface area contributed by atoms with Crippen molar-refractivity contribution in [1.82, 2.24) is 20.1 Å². The van der Waals surface area contributed by atoms with E-state index >= 15 is 0 Å². The van der Waals surface area contributed by atoms with E-state index in [1.807, 2.05) is 0 Å². The lowest BCUT2D eigenvalue weighted by molar-refractivity contribution is 0.0949. The molecule has 1 saturated heterocycles. The topological polar surface area (TPSA) is 120 Å². The highest BCUT2D eigenvalue weighted by atomic mass is 16.3. The maximum Gasteiger partial charge on any atom is 0.267 e. The van der Waals surface area contributed by atoms with Gasteiger partial charge in [-0.1, -0.05) is 0 Å².